The maximum Gasteiger partial charge on any atom is 0.239 e. The van der Waals surface area contributed by atoms with E-state index in [1.807, 2.05) is 4.90 Å². The summed E-state index contributed by atoms with van der Waals surface area (Å²) in [4.78, 5) is 14.6. The largest absolute Gasteiger partial charge is 0.341 e. The maximum absolute atomic E-state index is 12.6. The summed E-state index contributed by atoms with van der Waals surface area (Å²) in [5, 5.41) is 11.7. The number of hydrogen-bond donors (Lipinski definition) is 1. The van der Waals surface area contributed by atoms with Gasteiger partial charge in [0, 0.05) is 25.0 Å². The molecule has 0 saturated carbocycles. The zero-order chi connectivity index (χ0) is 14.8. The highest BCUT2D eigenvalue weighted by Gasteiger charge is 2.32. The molecule has 116 valence electrons. The standard InChI is InChI=1S/C15H25N5O/c1-11(2)20-10-17-18-14(20)12-5-4-8-19(9-12)15(21)13-6-3-7-16-13/h10-13,16H,3-9H2,1-2H3/t12-,13-/m1/s1. The summed E-state index contributed by atoms with van der Waals surface area (Å²) in [6, 6.07) is 0.393. The van der Waals surface area contributed by atoms with Crippen LogP contribution in [0.3, 0.4) is 0 Å². The monoisotopic (exact) mass is 291 g/mol. The molecule has 0 aliphatic carbocycles. The SMILES string of the molecule is CC(C)n1cnnc1[C@@H]1CCCN(C(=O)[C@H]2CCCN2)C1. The van der Waals surface area contributed by atoms with Gasteiger partial charge in [-0.3, -0.25) is 4.79 Å². The number of carbonyl (C=O) groups is 1. The third kappa shape index (κ3) is 2.95. The molecular weight excluding hydrogens is 266 g/mol. The second-order valence-electron chi connectivity index (χ2n) is 6.46. The molecule has 0 radical (unpaired) electrons. The molecule has 0 bridgehead atoms. The molecule has 6 nitrogen and oxygen atoms in total. The Labute approximate surface area is 125 Å². The summed E-state index contributed by atoms with van der Waals surface area (Å²) in [7, 11) is 0. The van der Waals surface area contributed by atoms with E-state index in [9.17, 15) is 4.79 Å². The highest BCUT2D eigenvalue weighted by atomic mass is 16.2. The summed E-state index contributed by atoms with van der Waals surface area (Å²) in [5.41, 5.74) is 0. The molecule has 0 unspecified atom stereocenters. The minimum Gasteiger partial charge on any atom is -0.341 e. The first kappa shape index (κ1) is 14.5. The van der Waals surface area contributed by atoms with Crippen LogP contribution in [0.4, 0.5) is 0 Å². The van der Waals surface area contributed by atoms with E-state index >= 15 is 0 Å². The van der Waals surface area contributed by atoms with E-state index in [-0.39, 0.29) is 11.9 Å². The molecule has 3 heterocycles. The normalized spacial score (nSPS) is 26.5. The van der Waals surface area contributed by atoms with E-state index in [0.29, 0.717) is 12.0 Å². The second kappa shape index (κ2) is 6.13. The Hall–Kier alpha value is -1.43. The second-order valence-corrected chi connectivity index (χ2v) is 6.46. The predicted octanol–water partition coefficient (Wildman–Crippen LogP) is 1.32. The van der Waals surface area contributed by atoms with Gasteiger partial charge in [0.05, 0.1) is 6.04 Å². The van der Waals surface area contributed by atoms with Gasteiger partial charge in [0.1, 0.15) is 12.2 Å². The summed E-state index contributed by atoms with van der Waals surface area (Å²) in [5.74, 6) is 1.61. The van der Waals surface area contributed by atoms with Gasteiger partial charge in [-0.25, -0.2) is 0 Å². The van der Waals surface area contributed by atoms with Crippen molar-refractivity contribution >= 4 is 5.91 Å². The molecule has 1 amide bonds. The number of likely N-dealkylation sites (tertiary alicyclic amines) is 1. The number of carbonyl (C=O) groups excluding carboxylic acids is 1. The third-order valence-electron chi connectivity index (χ3n) is 4.61. The van der Waals surface area contributed by atoms with Gasteiger partial charge in [-0.15, -0.1) is 10.2 Å². The van der Waals surface area contributed by atoms with Gasteiger partial charge in [-0.2, -0.15) is 0 Å². The quantitative estimate of drug-likeness (QED) is 0.912. The summed E-state index contributed by atoms with van der Waals surface area (Å²) in [6.07, 6.45) is 6.03. The summed E-state index contributed by atoms with van der Waals surface area (Å²) < 4.78 is 2.13. The Morgan fingerprint density at radius 3 is 2.95 bits per heavy atom. The Bertz CT molecular complexity index is 492. The van der Waals surface area contributed by atoms with Crippen LogP contribution in [-0.2, 0) is 4.79 Å². The lowest BCUT2D eigenvalue weighted by molar-refractivity contribution is -0.134. The molecular formula is C15H25N5O. The number of piperidine rings is 1. The van der Waals surface area contributed by atoms with E-state index in [2.05, 4.69) is 33.9 Å². The molecule has 21 heavy (non-hydrogen) atoms. The van der Waals surface area contributed by atoms with Crippen LogP contribution in [-0.4, -0.2) is 51.2 Å². The Morgan fingerprint density at radius 2 is 2.24 bits per heavy atom. The van der Waals surface area contributed by atoms with Crippen LogP contribution in [0.25, 0.3) is 0 Å². The molecule has 2 atom stereocenters. The molecule has 2 saturated heterocycles. The highest BCUT2D eigenvalue weighted by molar-refractivity contribution is 5.82. The zero-order valence-corrected chi connectivity index (χ0v) is 13.0. The number of nitrogens with one attached hydrogen (secondary N) is 1. The number of rotatable bonds is 3. The fraction of sp³-hybridized carbons (Fsp3) is 0.800. The van der Waals surface area contributed by atoms with E-state index < -0.39 is 0 Å². The average Bonchev–Trinajstić information content (AvgIpc) is 3.17. The van der Waals surface area contributed by atoms with Gasteiger partial charge in [0.15, 0.2) is 0 Å². The van der Waals surface area contributed by atoms with Crippen LogP contribution in [0.5, 0.6) is 0 Å². The van der Waals surface area contributed by atoms with Crippen LogP contribution in [0.15, 0.2) is 6.33 Å². The van der Waals surface area contributed by atoms with Gasteiger partial charge in [-0.1, -0.05) is 0 Å². The van der Waals surface area contributed by atoms with Crippen molar-refractivity contribution < 1.29 is 4.79 Å². The number of aromatic nitrogens is 3. The van der Waals surface area contributed by atoms with Crippen molar-refractivity contribution in [2.24, 2.45) is 0 Å². The van der Waals surface area contributed by atoms with Crippen molar-refractivity contribution in [2.75, 3.05) is 19.6 Å². The van der Waals surface area contributed by atoms with Crippen LogP contribution >= 0.6 is 0 Å². The van der Waals surface area contributed by atoms with Gasteiger partial charge in [0.25, 0.3) is 0 Å². The van der Waals surface area contributed by atoms with Crippen LogP contribution in [0.1, 0.15) is 57.3 Å². The molecule has 0 spiro atoms. The van der Waals surface area contributed by atoms with Gasteiger partial charge >= 0.3 is 0 Å². The van der Waals surface area contributed by atoms with Crippen molar-refractivity contribution in [3.05, 3.63) is 12.2 Å². The predicted molar refractivity (Wildman–Crippen MR) is 80.0 cm³/mol. The smallest absolute Gasteiger partial charge is 0.239 e. The van der Waals surface area contributed by atoms with E-state index in [0.717, 1.165) is 51.1 Å². The molecule has 1 aromatic heterocycles. The van der Waals surface area contributed by atoms with Crippen LogP contribution < -0.4 is 5.32 Å². The van der Waals surface area contributed by atoms with Crippen molar-refractivity contribution in [2.45, 2.75) is 57.5 Å². The maximum atomic E-state index is 12.6. The molecule has 1 aromatic rings. The Balaban J connectivity index is 1.70. The van der Waals surface area contributed by atoms with E-state index in [1.54, 1.807) is 6.33 Å². The van der Waals surface area contributed by atoms with Crippen molar-refractivity contribution in [3.63, 3.8) is 0 Å². The highest BCUT2D eigenvalue weighted by Crippen LogP contribution is 2.27. The molecule has 1 N–H and O–H groups in total. The first-order valence-electron chi connectivity index (χ1n) is 8.08. The van der Waals surface area contributed by atoms with Crippen molar-refractivity contribution in [3.8, 4) is 0 Å². The Morgan fingerprint density at radius 1 is 1.38 bits per heavy atom. The molecule has 2 aliphatic heterocycles. The number of hydrogen-bond acceptors (Lipinski definition) is 4. The van der Waals surface area contributed by atoms with Crippen LogP contribution in [0, 0.1) is 0 Å². The lowest BCUT2D eigenvalue weighted by Crippen LogP contribution is -2.47. The first-order chi connectivity index (χ1) is 10.2. The molecule has 6 heteroatoms. The molecule has 0 aromatic carbocycles. The molecule has 2 aliphatic rings. The lowest BCUT2D eigenvalue weighted by atomic mass is 9.96. The molecule has 3 rings (SSSR count). The van der Waals surface area contributed by atoms with Crippen molar-refractivity contribution in [1.29, 1.82) is 0 Å². The minimum absolute atomic E-state index is 0.0340. The van der Waals surface area contributed by atoms with E-state index in [4.69, 9.17) is 0 Å². The van der Waals surface area contributed by atoms with Gasteiger partial charge in [-0.05, 0) is 46.1 Å². The number of nitrogens with zero attached hydrogens (tertiary/aromatic N) is 4. The van der Waals surface area contributed by atoms with Gasteiger partial charge < -0.3 is 14.8 Å². The topological polar surface area (TPSA) is 63.1 Å². The fourth-order valence-electron chi connectivity index (χ4n) is 3.45. The summed E-state index contributed by atoms with van der Waals surface area (Å²) in [6.45, 7) is 6.91. The number of amides is 1. The first-order valence-corrected chi connectivity index (χ1v) is 8.08. The minimum atomic E-state index is 0.0340. The average molecular weight is 291 g/mol. The fourth-order valence-corrected chi connectivity index (χ4v) is 3.45. The van der Waals surface area contributed by atoms with E-state index in [1.165, 1.54) is 0 Å². The molecule has 2 fully saturated rings. The van der Waals surface area contributed by atoms with Gasteiger partial charge in [0.2, 0.25) is 5.91 Å². The van der Waals surface area contributed by atoms with Crippen LogP contribution in [0.2, 0.25) is 0 Å². The summed E-state index contributed by atoms with van der Waals surface area (Å²) >= 11 is 0. The Kier molecular flexibility index (Phi) is 4.24. The third-order valence-corrected chi connectivity index (χ3v) is 4.61. The lowest BCUT2D eigenvalue weighted by Gasteiger charge is -2.34. The van der Waals surface area contributed by atoms with Crippen molar-refractivity contribution in [1.82, 2.24) is 25.0 Å². The zero-order valence-electron chi connectivity index (χ0n) is 13.0.